The van der Waals surface area contributed by atoms with E-state index in [4.69, 9.17) is 0 Å². The lowest BCUT2D eigenvalue weighted by Gasteiger charge is -2.25. The zero-order valence-electron chi connectivity index (χ0n) is 11.2. The van der Waals surface area contributed by atoms with Crippen LogP contribution >= 0.6 is 0 Å². The van der Waals surface area contributed by atoms with E-state index in [1.807, 2.05) is 0 Å². The minimum atomic E-state index is 0.966. The zero-order valence-corrected chi connectivity index (χ0v) is 11.2. The van der Waals surface area contributed by atoms with Gasteiger partial charge in [0.2, 0.25) is 0 Å². The molecule has 3 nitrogen and oxygen atoms in total. The van der Waals surface area contributed by atoms with E-state index >= 15 is 0 Å². The molecule has 1 aromatic rings. The smallest absolute Gasteiger partial charge is 0.0625 e. The summed E-state index contributed by atoms with van der Waals surface area (Å²) in [6, 6.07) is 2.24. The van der Waals surface area contributed by atoms with Crippen molar-refractivity contribution in [2.75, 3.05) is 6.54 Å². The third kappa shape index (κ3) is 3.32. The molecule has 1 N–H and O–H groups in total. The van der Waals surface area contributed by atoms with Crippen LogP contribution in [0.15, 0.2) is 6.07 Å². The first kappa shape index (κ1) is 12.6. The van der Waals surface area contributed by atoms with Gasteiger partial charge in [-0.05, 0) is 38.3 Å². The molecule has 0 saturated heterocycles. The number of rotatable bonds is 7. The van der Waals surface area contributed by atoms with Gasteiger partial charge in [-0.3, -0.25) is 4.68 Å². The van der Waals surface area contributed by atoms with E-state index in [-0.39, 0.29) is 0 Å². The average molecular weight is 235 g/mol. The summed E-state index contributed by atoms with van der Waals surface area (Å²) in [5.41, 5.74) is 2.54. The minimum Gasteiger partial charge on any atom is -0.311 e. The molecule has 0 atom stereocenters. The molecule has 17 heavy (non-hydrogen) atoms. The first-order valence-electron chi connectivity index (χ1n) is 7.09. The third-order valence-corrected chi connectivity index (χ3v) is 3.84. The Morgan fingerprint density at radius 3 is 2.82 bits per heavy atom. The van der Waals surface area contributed by atoms with Crippen molar-refractivity contribution in [1.82, 2.24) is 15.1 Å². The molecule has 0 bridgehead atoms. The van der Waals surface area contributed by atoms with E-state index in [1.54, 1.807) is 0 Å². The number of nitrogens with one attached hydrogen (secondary N) is 1. The van der Waals surface area contributed by atoms with Crippen molar-refractivity contribution in [1.29, 1.82) is 0 Å². The minimum absolute atomic E-state index is 0.966. The van der Waals surface area contributed by atoms with Crippen molar-refractivity contribution in [3.05, 3.63) is 17.5 Å². The first-order chi connectivity index (χ1) is 8.33. The molecule has 0 amide bonds. The van der Waals surface area contributed by atoms with Crippen LogP contribution in [0.4, 0.5) is 0 Å². The molecule has 2 rings (SSSR count). The summed E-state index contributed by atoms with van der Waals surface area (Å²) in [5.74, 6) is 1.00. The largest absolute Gasteiger partial charge is 0.311 e. The molecule has 0 aliphatic heterocycles. The van der Waals surface area contributed by atoms with E-state index in [2.05, 4.69) is 35.0 Å². The number of hydrogen-bond acceptors (Lipinski definition) is 2. The molecule has 1 heterocycles. The van der Waals surface area contributed by atoms with E-state index in [0.29, 0.717) is 0 Å². The molecule has 1 aromatic heterocycles. The van der Waals surface area contributed by atoms with Crippen LogP contribution in [0, 0.1) is 5.92 Å². The van der Waals surface area contributed by atoms with Crippen molar-refractivity contribution in [2.24, 2.45) is 5.92 Å². The van der Waals surface area contributed by atoms with Crippen molar-refractivity contribution in [3.63, 3.8) is 0 Å². The highest BCUT2D eigenvalue weighted by Gasteiger charge is 2.16. The summed E-state index contributed by atoms with van der Waals surface area (Å²) in [4.78, 5) is 0. The molecule has 0 aromatic carbocycles. The van der Waals surface area contributed by atoms with Crippen LogP contribution in [0.2, 0.25) is 0 Å². The number of aryl methyl sites for hydroxylation is 2. The van der Waals surface area contributed by atoms with Crippen molar-refractivity contribution in [3.8, 4) is 0 Å². The van der Waals surface area contributed by atoms with Crippen LogP contribution in [-0.2, 0) is 19.5 Å². The summed E-state index contributed by atoms with van der Waals surface area (Å²) in [6.45, 7) is 7.41. The molecule has 1 aliphatic carbocycles. The second-order valence-corrected chi connectivity index (χ2v) is 5.06. The summed E-state index contributed by atoms with van der Waals surface area (Å²) in [7, 11) is 0. The van der Waals surface area contributed by atoms with Crippen molar-refractivity contribution < 1.29 is 0 Å². The van der Waals surface area contributed by atoms with Gasteiger partial charge in [0.1, 0.15) is 0 Å². The molecule has 96 valence electrons. The van der Waals surface area contributed by atoms with Crippen LogP contribution in [0.1, 0.15) is 50.9 Å². The van der Waals surface area contributed by atoms with Gasteiger partial charge in [0.15, 0.2) is 0 Å². The predicted octanol–water partition coefficient (Wildman–Crippen LogP) is 2.75. The first-order valence-corrected chi connectivity index (χ1v) is 7.09. The van der Waals surface area contributed by atoms with Crippen LogP contribution in [-0.4, -0.2) is 16.3 Å². The maximum Gasteiger partial charge on any atom is 0.0625 e. The van der Waals surface area contributed by atoms with E-state index in [0.717, 1.165) is 32.0 Å². The molecule has 0 radical (unpaired) electrons. The van der Waals surface area contributed by atoms with Crippen LogP contribution < -0.4 is 5.32 Å². The van der Waals surface area contributed by atoms with Gasteiger partial charge in [0, 0.05) is 13.1 Å². The lowest BCUT2D eigenvalue weighted by atomic mass is 9.83. The fourth-order valence-corrected chi connectivity index (χ4v) is 2.41. The lowest BCUT2D eigenvalue weighted by Crippen LogP contribution is -2.22. The SMILES string of the molecule is CCc1cc(CNCCC2CCC2)n(CC)n1. The van der Waals surface area contributed by atoms with Gasteiger partial charge >= 0.3 is 0 Å². The molecule has 1 aliphatic rings. The van der Waals surface area contributed by atoms with Crippen LogP contribution in [0.25, 0.3) is 0 Å². The summed E-state index contributed by atoms with van der Waals surface area (Å²) < 4.78 is 2.12. The quantitative estimate of drug-likeness (QED) is 0.736. The molecule has 1 fully saturated rings. The molecule has 0 unspecified atom stereocenters. The molecular weight excluding hydrogens is 210 g/mol. The Bertz CT molecular complexity index is 339. The second-order valence-electron chi connectivity index (χ2n) is 5.06. The standard InChI is InChI=1S/C14H25N3/c1-3-13-10-14(17(4-2)16-13)11-15-9-8-12-6-5-7-12/h10,12,15H,3-9,11H2,1-2H3. The van der Waals surface area contributed by atoms with Crippen LogP contribution in [0.3, 0.4) is 0 Å². The fraction of sp³-hybridized carbons (Fsp3) is 0.786. The summed E-state index contributed by atoms with van der Waals surface area (Å²) in [5, 5.41) is 8.12. The lowest BCUT2D eigenvalue weighted by molar-refractivity contribution is 0.291. The molecule has 0 spiro atoms. The van der Waals surface area contributed by atoms with Crippen LogP contribution in [0.5, 0.6) is 0 Å². The van der Waals surface area contributed by atoms with Gasteiger partial charge in [-0.15, -0.1) is 0 Å². The highest BCUT2D eigenvalue weighted by atomic mass is 15.3. The van der Waals surface area contributed by atoms with Crippen molar-refractivity contribution in [2.45, 2.75) is 59.0 Å². The molecular formula is C14H25N3. The van der Waals surface area contributed by atoms with E-state index in [9.17, 15) is 0 Å². The third-order valence-electron chi connectivity index (χ3n) is 3.84. The summed E-state index contributed by atoms with van der Waals surface area (Å²) >= 11 is 0. The monoisotopic (exact) mass is 235 g/mol. The van der Waals surface area contributed by atoms with E-state index in [1.165, 1.54) is 37.1 Å². The average Bonchev–Trinajstić information content (AvgIpc) is 2.69. The number of nitrogens with zero attached hydrogens (tertiary/aromatic N) is 2. The predicted molar refractivity (Wildman–Crippen MR) is 70.9 cm³/mol. The number of aromatic nitrogens is 2. The maximum absolute atomic E-state index is 4.57. The Balaban J connectivity index is 1.74. The molecule has 1 saturated carbocycles. The van der Waals surface area contributed by atoms with Gasteiger partial charge in [-0.2, -0.15) is 5.10 Å². The Kier molecular flexibility index (Phi) is 4.60. The number of hydrogen-bond donors (Lipinski definition) is 1. The topological polar surface area (TPSA) is 29.9 Å². The van der Waals surface area contributed by atoms with Gasteiger partial charge in [-0.25, -0.2) is 0 Å². The maximum atomic E-state index is 4.57. The second kappa shape index (κ2) is 6.20. The Morgan fingerprint density at radius 2 is 2.24 bits per heavy atom. The Hall–Kier alpha value is -0.830. The van der Waals surface area contributed by atoms with Gasteiger partial charge in [0.05, 0.1) is 11.4 Å². The van der Waals surface area contributed by atoms with Gasteiger partial charge in [-0.1, -0.05) is 26.2 Å². The highest BCUT2D eigenvalue weighted by molar-refractivity contribution is 5.10. The zero-order chi connectivity index (χ0) is 12.1. The van der Waals surface area contributed by atoms with E-state index < -0.39 is 0 Å². The summed E-state index contributed by atoms with van der Waals surface area (Å²) in [6.07, 6.45) is 6.74. The highest BCUT2D eigenvalue weighted by Crippen LogP contribution is 2.28. The van der Waals surface area contributed by atoms with Gasteiger partial charge < -0.3 is 5.32 Å². The fourth-order valence-electron chi connectivity index (χ4n) is 2.41. The Morgan fingerprint density at radius 1 is 1.41 bits per heavy atom. The normalized spacial score (nSPS) is 16.1. The van der Waals surface area contributed by atoms with Gasteiger partial charge in [0.25, 0.3) is 0 Å². The molecule has 3 heteroatoms. The van der Waals surface area contributed by atoms with Crippen molar-refractivity contribution >= 4 is 0 Å². The Labute approximate surface area is 105 Å².